The van der Waals surface area contributed by atoms with Crippen molar-refractivity contribution in [2.45, 2.75) is 23.7 Å². The number of likely N-dealkylation sites (tertiary alicyclic amines) is 1. The minimum atomic E-state index is -3.78. The van der Waals surface area contributed by atoms with Gasteiger partial charge in [0.2, 0.25) is 15.9 Å². The monoisotopic (exact) mass is 429 g/mol. The number of piperidine rings is 1. The molecule has 1 aliphatic heterocycles. The van der Waals surface area contributed by atoms with Crippen molar-refractivity contribution >= 4 is 21.6 Å². The standard InChI is InChI=1S/C20H23N5O4S/c1-29-16-7-9-17(10-8-16)30(27,28)21-13-19(26)24-11-4-5-15(14-24)20-23-22-18-6-2-3-12-25(18)20/h2-3,6-10,12,15,21H,4-5,11,13-14H2,1H3/t15-/m1/s1. The number of fused-ring (bicyclic) bond motifs is 1. The van der Waals surface area contributed by atoms with Crippen LogP contribution in [0.15, 0.2) is 53.6 Å². The molecule has 0 unspecified atom stereocenters. The van der Waals surface area contributed by atoms with Crippen molar-refractivity contribution in [3.63, 3.8) is 0 Å². The van der Waals surface area contributed by atoms with Crippen molar-refractivity contribution < 1.29 is 17.9 Å². The van der Waals surface area contributed by atoms with Crippen molar-refractivity contribution in [2.24, 2.45) is 0 Å². The van der Waals surface area contributed by atoms with Gasteiger partial charge in [0.1, 0.15) is 11.6 Å². The maximum atomic E-state index is 12.7. The number of rotatable bonds is 6. The third kappa shape index (κ3) is 4.14. The molecule has 0 spiro atoms. The number of nitrogens with zero attached hydrogens (tertiary/aromatic N) is 4. The van der Waals surface area contributed by atoms with E-state index in [1.807, 2.05) is 28.8 Å². The molecule has 1 atom stereocenters. The lowest BCUT2D eigenvalue weighted by Crippen LogP contribution is -2.44. The van der Waals surface area contributed by atoms with Gasteiger partial charge in [-0.1, -0.05) is 6.07 Å². The van der Waals surface area contributed by atoms with Crippen molar-refractivity contribution in [1.29, 1.82) is 0 Å². The fourth-order valence-corrected chi connectivity index (χ4v) is 4.63. The third-order valence-corrected chi connectivity index (χ3v) is 6.68. The van der Waals surface area contributed by atoms with E-state index in [9.17, 15) is 13.2 Å². The predicted octanol–water partition coefficient (Wildman–Crippen LogP) is 1.42. The topological polar surface area (TPSA) is 106 Å². The molecule has 2 aromatic heterocycles. The highest BCUT2D eigenvalue weighted by atomic mass is 32.2. The molecule has 9 nitrogen and oxygen atoms in total. The van der Waals surface area contributed by atoms with Crippen LogP contribution >= 0.6 is 0 Å². The van der Waals surface area contributed by atoms with Crippen molar-refractivity contribution in [3.8, 4) is 5.75 Å². The fraction of sp³-hybridized carbons (Fsp3) is 0.350. The lowest BCUT2D eigenvalue weighted by Gasteiger charge is -2.32. The maximum Gasteiger partial charge on any atom is 0.241 e. The predicted molar refractivity (Wildman–Crippen MR) is 110 cm³/mol. The SMILES string of the molecule is COc1ccc(S(=O)(=O)NCC(=O)N2CCC[C@@H](c3nnc4ccccn34)C2)cc1. The van der Waals surface area contributed by atoms with Crippen molar-refractivity contribution in [1.82, 2.24) is 24.2 Å². The first-order valence-electron chi connectivity index (χ1n) is 9.69. The minimum Gasteiger partial charge on any atom is -0.497 e. The number of benzene rings is 1. The maximum absolute atomic E-state index is 12.7. The number of hydrogen-bond donors (Lipinski definition) is 1. The quantitative estimate of drug-likeness (QED) is 0.635. The number of carbonyl (C=O) groups excluding carboxylic acids is 1. The number of nitrogens with one attached hydrogen (secondary N) is 1. The smallest absolute Gasteiger partial charge is 0.241 e. The summed E-state index contributed by atoms with van der Waals surface area (Å²) in [5.74, 6) is 1.18. The molecule has 1 N–H and O–H groups in total. The average molecular weight is 430 g/mol. The zero-order valence-corrected chi connectivity index (χ0v) is 17.4. The summed E-state index contributed by atoms with van der Waals surface area (Å²) in [6, 6.07) is 11.7. The van der Waals surface area contributed by atoms with Crippen LogP contribution in [-0.2, 0) is 14.8 Å². The van der Waals surface area contributed by atoms with Crippen LogP contribution in [0, 0.1) is 0 Å². The van der Waals surface area contributed by atoms with E-state index in [4.69, 9.17) is 4.74 Å². The van der Waals surface area contributed by atoms with E-state index in [0.29, 0.717) is 18.8 Å². The minimum absolute atomic E-state index is 0.0540. The number of hydrogen-bond acceptors (Lipinski definition) is 6. The lowest BCUT2D eigenvalue weighted by molar-refractivity contribution is -0.131. The summed E-state index contributed by atoms with van der Waals surface area (Å²) in [6.07, 6.45) is 3.63. The number of amides is 1. The normalized spacial score (nSPS) is 17.2. The molecule has 1 saturated heterocycles. The largest absolute Gasteiger partial charge is 0.497 e. The second-order valence-electron chi connectivity index (χ2n) is 7.17. The number of carbonyl (C=O) groups is 1. The van der Waals surface area contributed by atoms with Gasteiger partial charge in [0, 0.05) is 25.2 Å². The molecule has 158 valence electrons. The highest BCUT2D eigenvalue weighted by Crippen LogP contribution is 2.26. The van der Waals surface area contributed by atoms with Gasteiger partial charge < -0.3 is 9.64 Å². The summed E-state index contributed by atoms with van der Waals surface area (Å²) in [6.45, 7) is 0.788. The molecule has 1 aliphatic rings. The molecule has 1 fully saturated rings. The molecule has 3 aromatic rings. The molecule has 30 heavy (non-hydrogen) atoms. The summed E-state index contributed by atoms with van der Waals surface area (Å²) < 4.78 is 34.3. The molecular formula is C20H23N5O4S. The Bertz CT molecular complexity index is 1140. The molecule has 1 aromatic carbocycles. The van der Waals surface area contributed by atoms with Crippen LogP contribution in [-0.4, -0.2) is 60.6 Å². The molecule has 10 heteroatoms. The Hall–Kier alpha value is -2.98. The van der Waals surface area contributed by atoms with Gasteiger partial charge in [-0.05, 0) is 49.2 Å². The van der Waals surface area contributed by atoms with Gasteiger partial charge in [0.25, 0.3) is 0 Å². The molecule has 0 radical (unpaired) electrons. The Balaban J connectivity index is 1.40. The Morgan fingerprint density at radius 1 is 1.20 bits per heavy atom. The van der Waals surface area contributed by atoms with Gasteiger partial charge in [-0.2, -0.15) is 0 Å². The van der Waals surface area contributed by atoms with Gasteiger partial charge >= 0.3 is 0 Å². The second-order valence-corrected chi connectivity index (χ2v) is 8.93. The number of ether oxygens (including phenoxy) is 1. The van der Waals surface area contributed by atoms with Crippen LogP contribution < -0.4 is 9.46 Å². The third-order valence-electron chi connectivity index (χ3n) is 5.26. The summed E-state index contributed by atoms with van der Waals surface area (Å²) in [5, 5.41) is 8.49. The summed E-state index contributed by atoms with van der Waals surface area (Å²) in [5.41, 5.74) is 0.767. The molecule has 1 amide bonds. The first kappa shape index (κ1) is 20.3. The van der Waals surface area contributed by atoms with E-state index >= 15 is 0 Å². The van der Waals surface area contributed by atoms with E-state index in [1.165, 1.54) is 19.2 Å². The van der Waals surface area contributed by atoms with Crippen LogP contribution in [0.25, 0.3) is 5.65 Å². The highest BCUT2D eigenvalue weighted by Gasteiger charge is 2.28. The van der Waals surface area contributed by atoms with Crippen molar-refractivity contribution in [2.75, 3.05) is 26.7 Å². The number of sulfonamides is 1. The second kappa shape index (κ2) is 8.41. The molecule has 0 saturated carbocycles. The Morgan fingerprint density at radius 3 is 2.77 bits per heavy atom. The Morgan fingerprint density at radius 2 is 2.00 bits per heavy atom. The Kier molecular flexibility index (Phi) is 5.69. The van der Waals surface area contributed by atoms with Crippen LogP contribution in [0.5, 0.6) is 5.75 Å². The average Bonchev–Trinajstić information content (AvgIpc) is 3.22. The molecular weight excluding hydrogens is 406 g/mol. The fourth-order valence-electron chi connectivity index (χ4n) is 3.66. The highest BCUT2D eigenvalue weighted by molar-refractivity contribution is 7.89. The van der Waals surface area contributed by atoms with E-state index in [-0.39, 0.29) is 23.3 Å². The Labute approximate surface area is 174 Å². The lowest BCUT2D eigenvalue weighted by atomic mass is 9.97. The summed E-state index contributed by atoms with van der Waals surface area (Å²) >= 11 is 0. The molecule has 0 aliphatic carbocycles. The first-order valence-corrected chi connectivity index (χ1v) is 11.2. The first-order chi connectivity index (χ1) is 14.5. The molecule has 4 rings (SSSR count). The van der Waals surface area contributed by atoms with Crippen LogP contribution in [0.2, 0.25) is 0 Å². The summed E-state index contributed by atoms with van der Waals surface area (Å²) in [4.78, 5) is 14.5. The zero-order chi connectivity index (χ0) is 21.1. The van der Waals surface area contributed by atoms with Gasteiger partial charge in [-0.3, -0.25) is 9.20 Å². The van der Waals surface area contributed by atoms with E-state index in [0.717, 1.165) is 24.3 Å². The van der Waals surface area contributed by atoms with Crippen LogP contribution in [0.1, 0.15) is 24.6 Å². The number of pyridine rings is 1. The van der Waals surface area contributed by atoms with Gasteiger partial charge in [0.15, 0.2) is 5.65 Å². The summed E-state index contributed by atoms with van der Waals surface area (Å²) in [7, 11) is -2.28. The van der Waals surface area contributed by atoms with Crippen LogP contribution in [0.4, 0.5) is 0 Å². The van der Waals surface area contributed by atoms with Crippen LogP contribution in [0.3, 0.4) is 0 Å². The van der Waals surface area contributed by atoms with Crippen molar-refractivity contribution in [3.05, 3.63) is 54.5 Å². The molecule has 3 heterocycles. The number of methoxy groups -OCH3 is 1. The van der Waals surface area contributed by atoms with E-state index in [1.54, 1.807) is 17.0 Å². The zero-order valence-electron chi connectivity index (χ0n) is 16.6. The van der Waals surface area contributed by atoms with E-state index < -0.39 is 10.0 Å². The van der Waals surface area contributed by atoms with Gasteiger partial charge in [0.05, 0.1) is 18.6 Å². The number of aromatic nitrogens is 3. The molecule has 0 bridgehead atoms. The van der Waals surface area contributed by atoms with Gasteiger partial charge in [-0.15, -0.1) is 10.2 Å². The van der Waals surface area contributed by atoms with E-state index in [2.05, 4.69) is 14.9 Å². The van der Waals surface area contributed by atoms with Gasteiger partial charge in [-0.25, -0.2) is 13.1 Å².